The molecule has 1 atom stereocenters. The van der Waals surface area contributed by atoms with Crippen LogP contribution in [0.2, 0.25) is 0 Å². The molecule has 142 valence electrons. The maximum absolute atomic E-state index is 12.3. The molecule has 0 saturated carbocycles. The largest absolute Gasteiger partial charge is 0.453 e. The maximum Gasteiger partial charge on any atom is 0.307 e. The van der Waals surface area contributed by atoms with Crippen molar-refractivity contribution in [2.45, 2.75) is 46.6 Å². The van der Waals surface area contributed by atoms with E-state index in [4.69, 9.17) is 4.74 Å². The fraction of sp³-hybridized carbons (Fsp3) is 0.318. The summed E-state index contributed by atoms with van der Waals surface area (Å²) in [4.78, 5) is 36.3. The lowest BCUT2D eigenvalue weighted by molar-refractivity contribution is -0.153. The lowest BCUT2D eigenvalue weighted by atomic mass is 10.0. The van der Waals surface area contributed by atoms with Crippen molar-refractivity contribution in [3.05, 3.63) is 64.7 Å². The van der Waals surface area contributed by atoms with E-state index in [0.717, 1.165) is 22.4 Å². The van der Waals surface area contributed by atoms with Crippen LogP contribution >= 0.6 is 0 Å². The molecule has 0 fully saturated rings. The first-order valence-corrected chi connectivity index (χ1v) is 8.94. The summed E-state index contributed by atoms with van der Waals surface area (Å²) in [7, 11) is 0. The van der Waals surface area contributed by atoms with Crippen molar-refractivity contribution in [1.29, 1.82) is 0 Å². The number of rotatable bonds is 7. The Kier molecular flexibility index (Phi) is 6.88. The zero-order valence-electron chi connectivity index (χ0n) is 16.2. The monoisotopic (exact) mass is 367 g/mol. The third-order valence-electron chi connectivity index (χ3n) is 4.25. The number of ketones is 1. The second-order valence-electron chi connectivity index (χ2n) is 6.68. The van der Waals surface area contributed by atoms with Crippen LogP contribution in [0.3, 0.4) is 0 Å². The van der Waals surface area contributed by atoms with Crippen molar-refractivity contribution >= 4 is 23.3 Å². The van der Waals surface area contributed by atoms with Crippen molar-refractivity contribution in [2.75, 3.05) is 5.32 Å². The molecule has 1 N–H and O–H groups in total. The molecule has 2 rings (SSSR count). The zero-order valence-corrected chi connectivity index (χ0v) is 16.2. The van der Waals surface area contributed by atoms with Gasteiger partial charge in [-0.3, -0.25) is 14.4 Å². The highest BCUT2D eigenvalue weighted by molar-refractivity contribution is 5.98. The quantitative estimate of drug-likeness (QED) is 0.589. The van der Waals surface area contributed by atoms with Gasteiger partial charge in [-0.2, -0.15) is 0 Å². The summed E-state index contributed by atoms with van der Waals surface area (Å²) in [5, 5.41) is 2.82. The molecule has 1 unspecified atom stereocenters. The first-order valence-electron chi connectivity index (χ1n) is 8.94. The van der Waals surface area contributed by atoms with E-state index in [9.17, 15) is 14.4 Å². The van der Waals surface area contributed by atoms with Crippen LogP contribution in [-0.2, 0) is 14.3 Å². The van der Waals surface area contributed by atoms with Gasteiger partial charge in [0.15, 0.2) is 11.9 Å². The Morgan fingerprint density at radius 3 is 2.15 bits per heavy atom. The Bertz CT molecular complexity index is 820. The predicted molar refractivity (Wildman–Crippen MR) is 105 cm³/mol. The smallest absolute Gasteiger partial charge is 0.307 e. The van der Waals surface area contributed by atoms with Crippen LogP contribution in [0.25, 0.3) is 0 Å². The number of aryl methyl sites for hydroxylation is 3. The molecule has 0 aliphatic heterocycles. The number of nitrogens with one attached hydrogen (secondary N) is 1. The molecule has 5 nitrogen and oxygen atoms in total. The van der Waals surface area contributed by atoms with Gasteiger partial charge < -0.3 is 10.1 Å². The number of carbonyl (C=O) groups is 3. The minimum absolute atomic E-state index is 0.0490. The highest BCUT2D eigenvalue weighted by Crippen LogP contribution is 2.22. The molecule has 0 aliphatic carbocycles. The molecule has 0 heterocycles. The SMILES string of the molecule is Cc1cc(C)c(NC(=O)C(C)OC(=O)CCC(=O)c2ccccc2)c(C)c1. The van der Waals surface area contributed by atoms with Crippen LogP contribution in [0.4, 0.5) is 5.69 Å². The van der Waals surface area contributed by atoms with Crippen LogP contribution in [0.1, 0.15) is 46.8 Å². The third kappa shape index (κ3) is 5.78. The second kappa shape index (κ2) is 9.12. The highest BCUT2D eigenvalue weighted by Gasteiger charge is 2.20. The van der Waals surface area contributed by atoms with Crippen molar-refractivity contribution in [2.24, 2.45) is 0 Å². The molecule has 0 radical (unpaired) electrons. The van der Waals surface area contributed by atoms with E-state index in [0.29, 0.717) is 5.56 Å². The molecule has 0 saturated heterocycles. The molecule has 27 heavy (non-hydrogen) atoms. The molecule has 0 aliphatic rings. The molecule has 1 amide bonds. The summed E-state index contributed by atoms with van der Waals surface area (Å²) in [6.07, 6.45) is -0.953. The van der Waals surface area contributed by atoms with Crippen molar-refractivity contribution in [3.8, 4) is 0 Å². The van der Waals surface area contributed by atoms with Crippen LogP contribution < -0.4 is 5.32 Å². The molecule has 2 aromatic rings. The normalized spacial score (nSPS) is 11.6. The van der Waals surface area contributed by atoms with Gasteiger partial charge in [-0.25, -0.2) is 0 Å². The van der Waals surface area contributed by atoms with E-state index in [-0.39, 0.29) is 18.6 Å². The number of hydrogen-bond donors (Lipinski definition) is 1. The summed E-state index contributed by atoms with van der Waals surface area (Å²) in [6.45, 7) is 7.35. The Morgan fingerprint density at radius 1 is 0.963 bits per heavy atom. The number of hydrogen-bond acceptors (Lipinski definition) is 4. The fourth-order valence-corrected chi connectivity index (χ4v) is 2.90. The lowest BCUT2D eigenvalue weighted by Gasteiger charge is -2.17. The minimum Gasteiger partial charge on any atom is -0.453 e. The van der Waals surface area contributed by atoms with E-state index in [1.807, 2.05) is 39.0 Å². The second-order valence-corrected chi connectivity index (χ2v) is 6.68. The Labute approximate surface area is 159 Å². The van der Waals surface area contributed by atoms with Crippen LogP contribution in [0.5, 0.6) is 0 Å². The van der Waals surface area contributed by atoms with Crippen molar-refractivity contribution in [3.63, 3.8) is 0 Å². The van der Waals surface area contributed by atoms with E-state index >= 15 is 0 Å². The Morgan fingerprint density at radius 2 is 1.56 bits per heavy atom. The number of esters is 1. The third-order valence-corrected chi connectivity index (χ3v) is 4.25. The standard InChI is InChI=1S/C22H25NO4/c1-14-12-15(2)21(16(3)13-14)23-22(26)17(4)27-20(25)11-10-19(24)18-8-6-5-7-9-18/h5-9,12-13,17H,10-11H2,1-4H3,(H,23,26). The minimum atomic E-state index is -0.940. The van der Waals surface area contributed by atoms with Crippen molar-refractivity contribution in [1.82, 2.24) is 0 Å². The molecule has 0 spiro atoms. The number of benzene rings is 2. The zero-order chi connectivity index (χ0) is 20.0. The summed E-state index contributed by atoms with van der Waals surface area (Å²) in [5.74, 6) is -1.09. The summed E-state index contributed by atoms with van der Waals surface area (Å²) in [5.41, 5.74) is 4.31. The summed E-state index contributed by atoms with van der Waals surface area (Å²) in [6, 6.07) is 12.7. The molecular formula is C22H25NO4. The fourth-order valence-electron chi connectivity index (χ4n) is 2.90. The lowest BCUT2D eigenvalue weighted by Crippen LogP contribution is -2.30. The van der Waals surface area contributed by atoms with E-state index in [1.54, 1.807) is 24.3 Å². The van der Waals surface area contributed by atoms with E-state index < -0.39 is 18.0 Å². The number of amides is 1. The van der Waals surface area contributed by atoms with E-state index in [2.05, 4.69) is 5.32 Å². The molecule has 2 aromatic carbocycles. The van der Waals surface area contributed by atoms with Gasteiger partial charge in [0.1, 0.15) is 0 Å². The number of anilines is 1. The molecular weight excluding hydrogens is 342 g/mol. The van der Waals surface area contributed by atoms with Gasteiger partial charge >= 0.3 is 5.97 Å². The van der Waals surface area contributed by atoms with Crippen LogP contribution in [0.15, 0.2) is 42.5 Å². The molecule has 5 heteroatoms. The van der Waals surface area contributed by atoms with Gasteiger partial charge in [-0.1, -0.05) is 48.0 Å². The Balaban J connectivity index is 1.87. The summed E-state index contributed by atoms with van der Waals surface area (Å²) >= 11 is 0. The first kappa shape index (κ1) is 20.4. The summed E-state index contributed by atoms with van der Waals surface area (Å²) < 4.78 is 5.17. The van der Waals surface area contributed by atoms with Crippen molar-refractivity contribution < 1.29 is 19.1 Å². The highest BCUT2D eigenvalue weighted by atomic mass is 16.5. The average molecular weight is 367 g/mol. The Hall–Kier alpha value is -2.95. The first-order chi connectivity index (χ1) is 12.8. The molecule has 0 bridgehead atoms. The van der Waals surface area contributed by atoms with Gasteiger partial charge in [0.25, 0.3) is 5.91 Å². The van der Waals surface area contributed by atoms with E-state index in [1.165, 1.54) is 6.92 Å². The number of Topliss-reactive ketones (excluding diaryl/α,β-unsaturated/α-hetero) is 1. The van der Waals surface area contributed by atoms with Gasteiger partial charge in [0, 0.05) is 17.7 Å². The van der Waals surface area contributed by atoms with Gasteiger partial charge in [0.05, 0.1) is 6.42 Å². The maximum atomic E-state index is 12.3. The predicted octanol–water partition coefficient (Wildman–Crippen LogP) is 4.15. The van der Waals surface area contributed by atoms with Gasteiger partial charge in [0.2, 0.25) is 0 Å². The average Bonchev–Trinajstić information content (AvgIpc) is 2.63. The van der Waals surface area contributed by atoms with Gasteiger partial charge in [-0.15, -0.1) is 0 Å². The van der Waals surface area contributed by atoms with Crippen LogP contribution in [-0.4, -0.2) is 23.8 Å². The van der Waals surface area contributed by atoms with Crippen LogP contribution in [0, 0.1) is 20.8 Å². The number of carbonyl (C=O) groups excluding carboxylic acids is 3. The van der Waals surface area contributed by atoms with Gasteiger partial charge in [-0.05, 0) is 38.8 Å². The number of ether oxygens (including phenoxy) is 1. The topological polar surface area (TPSA) is 72.5 Å². The molecule has 0 aromatic heterocycles.